The summed E-state index contributed by atoms with van der Waals surface area (Å²) in [5.41, 5.74) is 7.89. The molecule has 2 unspecified atom stereocenters. The van der Waals surface area contributed by atoms with Crippen LogP contribution in [0.5, 0.6) is 0 Å². The minimum atomic E-state index is -4.51. The standard InChI is InChI=1S/C7H9F3N2/c8-7(9,10)6(12)4-2-1-3-5(6)11/h1-5H,11-12H2. The second-order valence-electron chi connectivity index (χ2n) is 2.70. The molecular weight excluding hydrogens is 169 g/mol. The highest BCUT2D eigenvalue weighted by Gasteiger charge is 2.53. The van der Waals surface area contributed by atoms with E-state index in [0.717, 1.165) is 6.08 Å². The SMILES string of the molecule is NC1C=CC=CC1(N)C(F)(F)F. The fourth-order valence-electron chi connectivity index (χ4n) is 0.952. The average molecular weight is 178 g/mol. The Kier molecular flexibility index (Phi) is 2.01. The third-order valence-corrected chi connectivity index (χ3v) is 1.84. The molecule has 1 aliphatic rings. The van der Waals surface area contributed by atoms with Gasteiger partial charge in [0, 0.05) is 0 Å². The summed E-state index contributed by atoms with van der Waals surface area (Å²) in [5.74, 6) is 0. The first-order valence-corrected chi connectivity index (χ1v) is 3.35. The van der Waals surface area contributed by atoms with Crippen molar-refractivity contribution < 1.29 is 13.2 Å². The summed E-state index contributed by atoms with van der Waals surface area (Å²) in [5, 5.41) is 0. The largest absolute Gasteiger partial charge is 0.411 e. The summed E-state index contributed by atoms with van der Waals surface area (Å²) in [7, 11) is 0. The minimum absolute atomic E-state index is 0.873. The molecule has 0 aromatic heterocycles. The molecule has 1 rings (SSSR count). The van der Waals surface area contributed by atoms with Crippen molar-refractivity contribution >= 4 is 0 Å². The van der Waals surface area contributed by atoms with Crippen molar-refractivity contribution in [3.8, 4) is 0 Å². The quantitative estimate of drug-likeness (QED) is 0.573. The van der Waals surface area contributed by atoms with Gasteiger partial charge in [-0.15, -0.1) is 0 Å². The second-order valence-corrected chi connectivity index (χ2v) is 2.70. The van der Waals surface area contributed by atoms with E-state index in [0.29, 0.717) is 0 Å². The molecule has 0 aromatic rings. The van der Waals surface area contributed by atoms with E-state index in [2.05, 4.69) is 0 Å². The number of rotatable bonds is 0. The molecule has 5 heteroatoms. The van der Waals surface area contributed by atoms with Crippen molar-refractivity contribution in [1.82, 2.24) is 0 Å². The molecule has 0 fully saturated rings. The van der Waals surface area contributed by atoms with Gasteiger partial charge in [0.1, 0.15) is 0 Å². The van der Waals surface area contributed by atoms with Gasteiger partial charge in [-0.05, 0) is 0 Å². The molecule has 0 heterocycles. The van der Waals surface area contributed by atoms with Crippen molar-refractivity contribution in [2.75, 3.05) is 0 Å². The van der Waals surface area contributed by atoms with Crippen LogP contribution >= 0.6 is 0 Å². The summed E-state index contributed by atoms with van der Waals surface area (Å²) >= 11 is 0. The van der Waals surface area contributed by atoms with E-state index in [4.69, 9.17) is 11.5 Å². The normalized spacial score (nSPS) is 35.6. The topological polar surface area (TPSA) is 52.0 Å². The first-order chi connectivity index (χ1) is 5.38. The van der Waals surface area contributed by atoms with Crippen LogP contribution in [0.25, 0.3) is 0 Å². The van der Waals surface area contributed by atoms with E-state index in [1.807, 2.05) is 0 Å². The van der Waals surface area contributed by atoms with Crippen LogP contribution in [-0.2, 0) is 0 Å². The van der Waals surface area contributed by atoms with Gasteiger partial charge < -0.3 is 11.5 Å². The predicted molar refractivity (Wildman–Crippen MR) is 39.2 cm³/mol. The van der Waals surface area contributed by atoms with E-state index in [-0.39, 0.29) is 0 Å². The molecule has 0 aliphatic heterocycles. The summed E-state index contributed by atoms with van der Waals surface area (Å²) in [6, 6.07) is -1.21. The van der Waals surface area contributed by atoms with Crippen LogP contribution in [0.3, 0.4) is 0 Å². The zero-order valence-corrected chi connectivity index (χ0v) is 6.18. The van der Waals surface area contributed by atoms with Crippen molar-refractivity contribution in [3.63, 3.8) is 0 Å². The lowest BCUT2D eigenvalue weighted by molar-refractivity contribution is -0.174. The number of nitrogens with two attached hydrogens (primary N) is 2. The van der Waals surface area contributed by atoms with Crippen molar-refractivity contribution in [2.45, 2.75) is 17.8 Å². The Balaban J connectivity index is 2.99. The maximum atomic E-state index is 12.3. The molecule has 0 bridgehead atoms. The van der Waals surface area contributed by atoms with Gasteiger partial charge in [0.25, 0.3) is 0 Å². The van der Waals surface area contributed by atoms with E-state index < -0.39 is 17.8 Å². The van der Waals surface area contributed by atoms with E-state index in [9.17, 15) is 13.2 Å². The highest BCUT2D eigenvalue weighted by Crippen LogP contribution is 2.33. The van der Waals surface area contributed by atoms with Crippen molar-refractivity contribution in [3.05, 3.63) is 24.3 Å². The van der Waals surface area contributed by atoms with E-state index in [1.54, 1.807) is 0 Å². The van der Waals surface area contributed by atoms with Gasteiger partial charge in [-0.3, -0.25) is 0 Å². The molecule has 12 heavy (non-hydrogen) atoms. The number of alkyl halides is 3. The number of hydrogen-bond donors (Lipinski definition) is 2. The molecule has 2 nitrogen and oxygen atoms in total. The van der Waals surface area contributed by atoms with Crippen LogP contribution < -0.4 is 11.5 Å². The van der Waals surface area contributed by atoms with Crippen LogP contribution in [-0.4, -0.2) is 17.8 Å². The third kappa shape index (κ3) is 1.25. The maximum absolute atomic E-state index is 12.3. The summed E-state index contributed by atoms with van der Waals surface area (Å²) in [6.45, 7) is 0. The summed E-state index contributed by atoms with van der Waals surface area (Å²) in [6.07, 6.45) is 0.289. The Morgan fingerprint density at radius 1 is 1.25 bits per heavy atom. The van der Waals surface area contributed by atoms with Gasteiger partial charge in [0.15, 0.2) is 5.54 Å². The molecule has 2 atom stereocenters. The van der Waals surface area contributed by atoms with E-state index in [1.165, 1.54) is 18.2 Å². The van der Waals surface area contributed by atoms with Gasteiger partial charge in [-0.2, -0.15) is 13.2 Å². The highest BCUT2D eigenvalue weighted by atomic mass is 19.4. The zero-order valence-electron chi connectivity index (χ0n) is 6.18. The smallest absolute Gasteiger partial charge is 0.322 e. The summed E-state index contributed by atoms with van der Waals surface area (Å²) < 4.78 is 36.9. The third-order valence-electron chi connectivity index (χ3n) is 1.84. The molecular formula is C7H9F3N2. The fraction of sp³-hybridized carbons (Fsp3) is 0.429. The number of allylic oxidation sites excluding steroid dienone is 2. The first-order valence-electron chi connectivity index (χ1n) is 3.35. The Hall–Kier alpha value is -0.810. The van der Waals surface area contributed by atoms with Gasteiger partial charge >= 0.3 is 6.18 Å². The molecule has 1 aliphatic carbocycles. The van der Waals surface area contributed by atoms with Gasteiger partial charge in [0.2, 0.25) is 0 Å². The molecule has 4 N–H and O–H groups in total. The Bertz CT molecular complexity index is 231. The van der Waals surface area contributed by atoms with Crippen LogP contribution in [0.4, 0.5) is 13.2 Å². The Labute approximate surface area is 67.7 Å². The molecule has 0 spiro atoms. The van der Waals surface area contributed by atoms with Gasteiger partial charge in [0.05, 0.1) is 6.04 Å². The fourth-order valence-corrected chi connectivity index (χ4v) is 0.952. The van der Waals surface area contributed by atoms with Crippen LogP contribution in [0.15, 0.2) is 24.3 Å². The van der Waals surface area contributed by atoms with Crippen LogP contribution in [0.2, 0.25) is 0 Å². The first kappa shape index (κ1) is 9.28. The average Bonchev–Trinajstić information content (AvgIpc) is 1.93. The van der Waals surface area contributed by atoms with Crippen molar-refractivity contribution in [2.24, 2.45) is 11.5 Å². The maximum Gasteiger partial charge on any atom is 0.411 e. The molecule has 0 saturated heterocycles. The monoisotopic (exact) mass is 178 g/mol. The van der Waals surface area contributed by atoms with Gasteiger partial charge in [-0.1, -0.05) is 24.3 Å². The molecule has 0 amide bonds. The van der Waals surface area contributed by atoms with Crippen molar-refractivity contribution in [1.29, 1.82) is 0 Å². The lowest BCUT2D eigenvalue weighted by atomic mass is 9.87. The number of hydrogen-bond acceptors (Lipinski definition) is 2. The Morgan fingerprint density at radius 2 is 1.83 bits per heavy atom. The lowest BCUT2D eigenvalue weighted by Crippen LogP contribution is -2.63. The molecule has 0 radical (unpaired) electrons. The van der Waals surface area contributed by atoms with Crippen LogP contribution in [0.1, 0.15) is 0 Å². The predicted octanol–water partition coefficient (Wildman–Crippen LogP) is 0.700. The Morgan fingerprint density at radius 3 is 2.17 bits per heavy atom. The van der Waals surface area contributed by atoms with E-state index >= 15 is 0 Å². The molecule has 0 saturated carbocycles. The second kappa shape index (κ2) is 2.60. The molecule has 68 valence electrons. The van der Waals surface area contributed by atoms with Gasteiger partial charge in [-0.25, -0.2) is 0 Å². The lowest BCUT2D eigenvalue weighted by Gasteiger charge is -2.34. The minimum Gasteiger partial charge on any atom is -0.322 e. The molecule has 0 aromatic carbocycles. The number of halogens is 3. The zero-order chi connectivity index (χ0) is 9.41. The van der Waals surface area contributed by atoms with Crippen LogP contribution in [0, 0.1) is 0 Å². The summed E-state index contributed by atoms with van der Waals surface area (Å²) in [4.78, 5) is 0. The highest BCUT2D eigenvalue weighted by molar-refractivity contribution is 5.28.